The maximum atomic E-state index is 15.0. The lowest BCUT2D eigenvalue weighted by molar-refractivity contribution is -0.174. The Morgan fingerprint density at radius 2 is 1.89 bits per heavy atom. The van der Waals surface area contributed by atoms with E-state index in [9.17, 15) is 22.4 Å². The fourth-order valence-corrected chi connectivity index (χ4v) is 5.45. The number of carbonyl (C=O) groups is 1. The van der Waals surface area contributed by atoms with Crippen molar-refractivity contribution in [2.45, 2.75) is 75.9 Å². The molecule has 1 aromatic carbocycles. The predicted molar refractivity (Wildman–Crippen MR) is 122 cm³/mol. The first kappa shape index (κ1) is 24.9. The number of rotatable bonds is 8. The number of anilines is 1. The van der Waals surface area contributed by atoms with E-state index in [1.54, 1.807) is 13.8 Å². The number of nitrogens with one attached hydrogen (secondary N) is 2. The minimum Gasteiger partial charge on any atom is -0.363 e. The molecule has 3 aliphatic carbocycles. The van der Waals surface area contributed by atoms with Gasteiger partial charge in [0.1, 0.15) is 23.1 Å². The molecule has 2 bridgehead atoms. The zero-order valence-corrected chi connectivity index (χ0v) is 20.3. The van der Waals surface area contributed by atoms with Gasteiger partial charge in [0.2, 0.25) is 5.91 Å². The van der Waals surface area contributed by atoms with E-state index in [4.69, 9.17) is 9.47 Å². The molecule has 0 spiro atoms. The van der Waals surface area contributed by atoms with Crippen molar-refractivity contribution in [1.29, 1.82) is 0 Å². The molecular formula is C25H28F4N4O3. The maximum Gasteiger partial charge on any atom is 0.273 e. The third-order valence-corrected chi connectivity index (χ3v) is 7.01. The SMILES string of the molecule is Cc1nc(CC(=O)NC23CC(F)(C2)C3)c(C2OCCO2)c(N[C@H](C)c2cccc(C(C)(F)F)c2F)n1. The zero-order valence-electron chi connectivity index (χ0n) is 20.3. The number of aryl methyl sites for hydroxylation is 1. The Morgan fingerprint density at radius 1 is 1.22 bits per heavy atom. The van der Waals surface area contributed by atoms with Crippen molar-refractivity contribution in [3.63, 3.8) is 0 Å². The van der Waals surface area contributed by atoms with Crippen molar-refractivity contribution in [3.8, 4) is 0 Å². The molecule has 4 aliphatic rings. The van der Waals surface area contributed by atoms with E-state index in [1.807, 2.05) is 0 Å². The average molecular weight is 509 g/mol. The Kier molecular flexibility index (Phi) is 5.98. The normalized spacial score (nSPS) is 26.2. The number of halogens is 4. The summed E-state index contributed by atoms with van der Waals surface area (Å²) in [6.45, 7) is 4.55. The first-order valence-corrected chi connectivity index (χ1v) is 11.9. The van der Waals surface area contributed by atoms with Crippen LogP contribution in [-0.2, 0) is 26.6 Å². The summed E-state index contributed by atoms with van der Waals surface area (Å²) in [5.74, 6) is -4.06. The standard InChI is InChI=1S/C25H28F4N4O3/c1-13(15-5-4-6-16(20(15)26)23(3,27)28)30-21-19(22-35-7-8-36-22)17(31-14(2)32-21)9-18(34)33-25-10-24(29,11-25)12-25/h4-6,13,22H,7-12H2,1-3H3,(H,33,34)(H,30,31,32)/t13-,24?,25?/m1/s1. The number of aromatic nitrogens is 2. The Balaban J connectivity index is 1.43. The molecule has 2 N–H and O–H groups in total. The van der Waals surface area contributed by atoms with Crippen molar-refractivity contribution < 1.29 is 31.8 Å². The Morgan fingerprint density at radius 3 is 2.50 bits per heavy atom. The lowest BCUT2D eigenvalue weighted by Gasteiger charge is -2.65. The van der Waals surface area contributed by atoms with Gasteiger partial charge in [-0.25, -0.2) is 27.5 Å². The van der Waals surface area contributed by atoms with Gasteiger partial charge in [-0.05, 0) is 13.8 Å². The molecule has 194 valence electrons. The molecule has 1 amide bonds. The molecular weight excluding hydrogens is 480 g/mol. The van der Waals surface area contributed by atoms with E-state index < -0.39 is 40.8 Å². The molecule has 11 heteroatoms. The molecule has 0 unspecified atom stereocenters. The van der Waals surface area contributed by atoms with Crippen LogP contribution in [0.1, 0.15) is 73.7 Å². The van der Waals surface area contributed by atoms with Crippen LogP contribution in [0, 0.1) is 12.7 Å². The molecule has 6 rings (SSSR count). The first-order chi connectivity index (χ1) is 16.9. The quantitative estimate of drug-likeness (QED) is 0.509. The van der Waals surface area contributed by atoms with E-state index >= 15 is 0 Å². The van der Waals surface area contributed by atoms with Gasteiger partial charge in [0.05, 0.1) is 42.5 Å². The van der Waals surface area contributed by atoms with Crippen LogP contribution in [0.2, 0.25) is 0 Å². The molecule has 7 nitrogen and oxygen atoms in total. The van der Waals surface area contributed by atoms with Gasteiger partial charge in [-0.15, -0.1) is 0 Å². The smallest absolute Gasteiger partial charge is 0.273 e. The molecule has 2 heterocycles. The van der Waals surface area contributed by atoms with E-state index in [-0.39, 0.29) is 23.7 Å². The molecule has 4 fully saturated rings. The van der Waals surface area contributed by atoms with Gasteiger partial charge in [-0.1, -0.05) is 18.2 Å². The Labute approximate surface area is 206 Å². The molecule has 1 aliphatic heterocycles. The molecule has 3 saturated carbocycles. The van der Waals surface area contributed by atoms with Crippen LogP contribution in [0.15, 0.2) is 18.2 Å². The second kappa shape index (κ2) is 8.65. The van der Waals surface area contributed by atoms with Gasteiger partial charge in [-0.3, -0.25) is 4.79 Å². The van der Waals surface area contributed by atoms with E-state index in [1.165, 1.54) is 12.1 Å². The fraction of sp³-hybridized carbons (Fsp3) is 0.560. The van der Waals surface area contributed by atoms with Crippen LogP contribution in [-0.4, -0.2) is 40.3 Å². The van der Waals surface area contributed by atoms with Crippen molar-refractivity contribution >= 4 is 11.7 Å². The van der Waals surface area contributed by atoms with E-state index in [0.29, 0.717) is 56.5 Å². The number of amides is 1. The highest BCUT2D eigenvalue weighted by Gasteiger charge is 2.69. The van der Waals surface area contributed by atoms with E-state index in [0.717, 1.165) is 6.07 Å². The van der Waals surface area contributed by atoms with Crippen LogP contribution in [0.3, 0.4) is 0 Å². The van der Waals surface area contributed by atoms with Crippen molar-refractivity contribution in [3.05, 3.63) is 52.2 Å². The number of ether oxygens (including phenoxy) is 2. The predicted octanol–water partition coefficient (Wildman–Crippen LogP) is 4.56. The molecule has 1 aromatic heterocycles. The van der Waals surface area contributed by atoms with Gasteiger partial charge in [0, 0.05) is 37.3 Å². The summed E-state index contributed by atoms with van der Waals surface area (Å²) in [6.07, 6.45) is -0.00694. The zero-order chi connectivity index (χ0) is 25.9. The maximum absolute atomic E-state index is 15.0. The molecule has 1 atom stereocenters. The summed E-state index contributed by atoms with van der Waals surface area (Å²) in [6, 6.07) is 3.10. The van der Waals surface area contributed by atoms with Gasteiger partial charge in [0.15, 0.2) is 6.29 Å². The molecule has 1 saturated heterocycles. The minimum absolute atomic E-state index is 0.0348. The number of hydrogen-bond donors (Lipinski definition) is 2. The largest absolute Gasteiger partial charge is 0.363 e. The highest BCUT2D eigenvalue weighted by molar-refractivity contribution is 5.80. The fourth-order valence-electron chi connectivity index (χ4n) is 5.45. The van der Waals surface area contributed by atoms with Gasteiger partial charge < -0.3 is 20.1 Å². The number of alkyl halides is 3. The topological polar surface area (TPSA) is 85.4 Å². The monoisotopic (exact) mass is 508 g/mol. The van der Waals surface area contributed by atoms with Crippen molar-refractivity contribution in [1.82, 2.24) is 15.3 Å². The molecule has 0 radical (unpaired) electrons. The van der Waals surface area contributed by atoms with Gasteiger partial charge >= 0.3 is 0 Å². The van der Waals surface area contributed by atoms with Crippen LogP contribution in [0.4, 0.5) is 23.4 Å². The third-order valence-electron chi connectivity index (χ3n) is 7.01. The summed E-state index contributed by atoms with van der Waals surface area (Å²) in [5, 5.41) is 6.01. The number of benzene rings is 1. The Hall–Kier alpha value is -2.79. The van der Waals surface area contributed by atoms with Crippen LogP contribution < -0.4 is 10.6 Å². The summed E-state index contributed by atoms with van der Waals surface area (Å²) in [4.78, 5) is 21.7. The summed E-state index contributed by atoms with van der Waals surface area (Å²) in [5.41, 5.74) is -1.54. The van der Waals surface area contributed by atoms with Crippen LogP contribution in [0.25, 0.3) is 0 Å². The molecule has 36 heavy (non-hydrogen) atoms. The number of nitrogens with zero attached hydrogens (tertiary/aromatic N) is 2. The van der Waals surface area contributed by atoms with E-state index in [2.05, 4.69) is 20.6 Å². The van der Waals surface area contributed by atoms with Gasteiger partial charge in [0.25, 0.3) is 5.92 Å². The summed E-state index contributed by atoms with van der Waals surface area (Å²) in [7, 11) is 0. The highest BCUT2D eigenvalue weighted by atomic mass is 19.3. The van der Waals surface area contributed by atoms with Crippen LogP contribution in [0.5, 0.6) is 0 Å². The van der Waals surface area contributed by atoms with Crippen LogP contribution >= 0.6 is 0 Å². The van der Waals surface area contributed by atoms with Crippen molar-refractivity contribution in [2.75, 3.05) is 18.5 Å². The summed E-state index contributed by atoms with van der Waals surface area (Å²) >= 11 is 0. The molecule has 2 aromatic rings. The highest BCUT2D eigenvalue weighted by Crippen LogP contribution is 2.62. The second-order valence-electron chi connectivity index (χ2n) is 10.2. The summed E-state index contributed by atoms with van der Waals surface area (Å²) < 4.78 is 68.0. The Bertz CT molecular complexity index is 1180. The van der Waals surface area contributed by atoms with Crippen molar-refractivity contribution in [2.24, 2.45) is 0 Å². The van der Waals surface area contributed by atoms with Gasteiger partial charge in [-0.2, -0.15) is 0 Å². The number of hydrogen-bond acceptors (Lipinski definition) is 6. The lowest BCUT2D eigenvalue weighted by Crippen LogP contribution is -2.76. The first-order valence-electron chi connectivity index (χ1n) is 11.9. The lowest BCUT2D eigenvalue weighted by atomic mass is 9.47. The number of carbonyl (C=O) groups excluding carboxylic acids is 1. The minimum atomic E-state index is -3.34. The average Bonchev–Trinajstić information content (AvgIpc) is 3.25. The third kappa shape index (κ3) is 4.54. The second-order valence-corrected chi connectivity index (χ2v) is 10.2.